The Bertz CT molecular complexity index is 641. The van der Waals surface area contributed by atoms with Gasteiger partial charge in [0.15, 0.2) is 6.61 Å². The van der Waals surface area contributed by atoms with Crippen molar-refractivity contribution in [2.24, 2.45) is 0 Å². The number of fused-ring (bicyclic) bond motifs is 1. The first-order valence-corrected chi connectivity index (χ1v) is 6.28. The molecule has 0 atom stereocenters. The zero-order valence-electron chi connectivity index (χ0n) is 11.7. The largest absolute Gasteiger partial charge is 0.482 e. The first-order chi connectivity index (χ1) is 10.2. The van der Waals surface area contributed by atoms with Crippen LogP contribution in [0.2, 0.25) is 0 Å². The zero-order valence-corrected chi connectivity index (χ0v) is 11.7. The topological polar surface area (TPSA) is 58.6 Å². The number of hydrogen-bond acceptors (Lipinski definition) is 3. The maximum absolute atomic E-state index is 12.3. The summed E-state index contributed by atoms with van der Waals surface area (Å²) in [6.07, 6.45) is -4.99. The first-order valence-electron chi connectivity index (χ1n) is 6.28. The molecule has 1 aliphatic heterocycles. The lowest BCUT2D eigenvalue weighted by molar-refractivity contribution is -0.167. The maximum atomic E-state index is 12.3. The van der Waals surface area contributed by atoms with E-state index >= 15 is 0 Å². The molecule has 2 amide bonds. The fourth-order valence-corrected chi connectivity index (χ4v) is 1.93. The average molecular weight is 314 g/mol. The number of rotatable bonds is 3. The molecule has 0 fully saturated rings. The van der Waals surface area contributed by atoms with E-state index in [0.29, 0.717) is 17.0 Å². The van der Waals surface area contributed by atoms with Crippen LogP contribution in [0.5, 0.6) is 5.75 Å². The molecule has 2 rings (SSSR count). The molecule has 118 valence electrons. The number of carbonyl (C=O) groups excluding carboxylic acids is 2. The van der Waals surface area contributed by atoms with Crippen LogP contribution in [0.3, 0.4) is 0 Å². The predicted octanol–water partition coefficient (Wildman–Crippen LogP) is 2.49. The van der Waals surface area contributed by atoms with Crippen LogP contribution in [0, 0.1) is 0 Å². The summed E-state index contributed by atoms with van der Waals surface area (Å²) >= 11 is 0. The Labute approximate surface area is 124 Å². The fraction of sp³-hybridized carbons (Fsp3) is 0.286. The molecule has 1 N–H and O–H groups in total. The van der Waals surface area contributed by atoms with Gasteiger partial charge in [-0.25, -0.2) is 0 Å². The Kier molecular flexibility index (Phi) is 4.11. The lowest BCUT2D eigenvalue weighted by Crippen LogP contribution is -2.39. The molecular formula is C14H13F3N2O3. The SMILES string of the molecule is C=C(C)CN1C(=O)COc2ccc(NC(=O)C(F)(F)F)cc21. The molecule has 0 saturated heterocycles. The standard InChI is InChI=1S/C14H13F3N2O3/c1-8(2)6-19-10-5-9(18-13(21)14(15,16)17)3-4-11(10)22-7-12(19)20/h3-5H,1,6-7H2,2H3,(H,18,21). The summed E-state index contributed by atoms with van der Waals surface area (Å²) in [6, 6.07) is 3.94. The van der Waals surface area contributed by atoms with Gasteiger partial charge in [0.05, 0.1) is 5.69 Å². The molecule has 0 saturated carbocycles. The predicted molar refractivity (Wildman–Crippen MR) is 73.8 cm³/mol. The Morgan fingerprint density at radius 3 is 2.73 bits per heavy atom. The third kappa shape index (κ3) is 3.38. The van der Waals surface area contributed by atoms with E-state index in [1.54, 1.807) is 12.2 Å². The molecule has 0 spiro atoms. The summed E-state index contributed by atoms with van der Waals surface area (Å²) in [7, 11) is 0. The quantitative estimate of drug-likeness (QED) is 0.872. The van der Waals surface area contributed by atoms with Crippen LogP contribution in [-0.4, -0.2) is 31.1 Å². The molecule has 1 heterocycles. The number of hydrogen-bond donors (Lipinski definition) is 1. The van der Waals surface area contributed by atoms with Crippen molar-refractivity contribution < 1.29 is 27.5 Å². The highest BCUT2D eigenvalue weighted by Crippen LogP contribution is 2.35. The van der Waals surface area contributed by atoms with E-state index in [2.05, 4.69) is 6.58 Å². The zero-order chi connectivity index (χ0) is 16.5. The van der Waals surface area contributed by atoms with Gasteiger partial charge in [-0.15, -0.1) is 0 Å². The van der Waals surface area contributed by atoms with Crippen LogP contribution in [-0.2, 0) is 9.59 Å². The summed E-state index contributed by atoms with van der Waals surface area (Å²) in [5.74, 6) is -2.07. The second-order valence-electron chi connectivity index (χ2n) is 4.86. The van der Waals surface area contributed by atoms with E-state index in [1.807, 2.05) is 0 Å². The van der Waals surface area contributed by atoms with Gasteiger partial charge in [-0.05, 0) is 25.1 Å². The molecule has 0 aliphatic carbocycles. The van der Waals surface area contributed by atoms with Crippen molar-refractivity contribution in [2.45, 2.75) is 13.1 Å². The number of amides is 2. The molecule has 0 bridgehead atoms. The van der Waals surface area contributed by atoms with Gasteiger partial charge in [0.2, 0.25) is 0 Å². The number of nitrogens with one attached hydrogen (secondary N) is 1. The van der Waals surface area contributed by atoms with Gasteiger partial charge in [0.1, 0.15) is 5.75 Å². The van der Waals surface area contributed by atoms with Gasteiger partial charge in [0, 0.05) is 12.2 Å². The number of alkyl halides is 3. The molecule has 1 aromatic carbocycles. The van der Waals surface area contributed by atoms with Crippen molar-refractivity contribution in [1.29, 1.82) is 0 Å². The van der Waals surface area contributed by atoms with Crippen LogP contribution in [0.15, 0.2) is 30.4 Å². The van der Waals surface area contributed by atoms with E-state index in [-0.39, 0.29) is 24.7 Å². The highest BCUT2D eigenvalue weighted by molar-refractivity contribution is 6.00. The molecule has 22 heavy (non-hydrogen) atoms. The minimum atomic E-state index is -4.99. The smallest absolute Gasteiger partial charge is 0.471 e. The number of ether oxygens (including phenoxy) is 1. The second-order valence-corrected chi connectivity index (χ2v) is 4.86. The monoisotopic (exact) mass is 314 g/mol. The highest BCUT2D eigenvalue weighted by atomic mass is 19.4. The molecule has 1 aliphatic rings. The van der Waals surface area contributed by atoms with E-state index in [0.717, 1.165) is 0 Å². The first kappa shape index (κ1) is 15.9. The summed E-state index contributed by atoms with van der Waals surface area (Å²) in [5, 5.41) is 1.74. The lowest BCUT2D eigenvalue weighted by atomic mass is 10.2. The Morgan fingerprint density at radius 2 is 2.14 bits per heavy atom. The minimum Gasteiger partial charge on any atom is -0.482 e. The van der Waals surface area contributed by atoms with Gasteiger partial charge in [-0.2, -0.15) is 13.2 Å². The van der Waals surface area contributed by atoms with Crippen molar-refractivity contribution in [3.63, 3.8) is 0 Å². The number of carbonyl (C=O) groups is 2. The number of halogens is 3. The third-order valence-electron chi connectivity index (χ3n) is 2.85. The van der Waals surface area contributed by atoms with Gasteiger partial charge in [-0.1, -0.05) is 12.2 Å². The molecule has 0 unspecified atom stereocenters. The Hall–Kier alpha value is -2.51. The summed E-state index contributed by atoms with van der Waals surface area (Å²) in [6.45, 7) is 5.48. The van der Waals surface area contributed by atoms with Crippen LogP contribution in [0.25, 0.3) is 0 Å². The van der Waals surface area contributed by atoms with Crippen molar-refractivity contribution in [3.8, 4) is 5.75 Å². The second kappa shape index (κ2) is 5.70. The van der Waals surface area contributed by atoms with Crippen molar-refractivity contribution in [2.75, 3.05) is 23.4 Å². The molecule has 0 radical (unpaired) electrons. The number of anilines is 2. The Balaban J connectivity index is 2.31. The molecule has 8 heteroatoms. The fourth-order valence-electron chi connectivity index (χ4n) is 1.93. The van der Waals surface area contributed by atoms with E-state index in [1.165, 1.54) is 23.1 Å². The molecule has 1 aromatic rings. The van der Waals surface area contributed by atoms with Crippen LogP contribution in [0.4, 0.5) is 24.5 Å². The average Bonchev–Trinajstić information content (AvgIpc) is 2.41. The van der Waals surface area contributed by atoms with Gasteiger partial charge in [-0.3, -0.25) is 9.59 Å². The summed E-state index contributed by atoms with van der Waals surface area (Å²) < 4.78 is 42.0. The van der Waals surface area contributed by atoms with Crippen LogP contribution < -0.4 is 15.0 Å². The summed E-state index contributed by atoms with van der Waals surface area (Å²) in [4.78, 5) is 24.2. The highest BCUT2D eigenvalue weighted by Gasteiger charge is 2.39. The normalized spacial score (nSPS) is 14.2. The third-order valence-corrected chi connectivity index (χ3v) is 2.85. The molecule has 0 aromatic heterocycles. The van der Waals surface area contributed by atoms with Crippen LogP contribution >= 0.6 is 0 Å². The van der Waals surface area contributed by atoms with Crippen molar-refractivity contribution >= 4 is 23.2 Å². The van der Waals surface area contributed by atoms with E-state index in [9.17, 15) is 22.8 Å². The van der Waals surface area contributed by atoms with E-state index < -0.39 is 12.1 Å². The van der Waals surface area contributed by atoms with Gasteiger partial charge < -0.3 is 15.0 Å². The van der Waals surface area contributed by atoms with E-state index in [4.69, 9.17) is 4.74 Å². The van der Waals surface area contributed by atoms with Crippen LogP contribution in [0.1, 0.15) is 6.92 Å². The number of benzene rings is 1. The number of nitrogens with zero attached hydrogens (tertiary/aromatic N) is 1. The van der Waals surface area contributed by atoms with Crippen molar-refractivity contribution in [1.82, 2.24) is 0 Å². The lowest BCUT2D eigenvalue weighted by Gasteiger charge is -2.30. The van der Waals surface area contributed by atoms with Crippen molar-refractivity contribution in [3.05, 3.63) is 30.4 Å². The molecular weight excluding hydrogens is 301 g/mol. The van der Waals surface area contributed by atoms with Gasteiger partial charge in [0.25, 0.3) is 5.91 Å². The molecule has 5 nitrogen and oxygen atoms in total. The maximum Gasteiger partial charge on any atom is 0.471 e. The van der Waals surface area contributed by atoms with Gasteiger partial charge >= 0.3 is 12.1 Å². The summed E-state index contributed by atoms with van der Waals surface area (Å²) in [5.41, 5.74) is 0.913. The minimum absolute atomic E-state index is 0.0777. The Morgan fingerprint density at radius 1 is 1.45 bits per heavy atom.